The normalized spacial score (nSPS) is 11.4. The number of hydrogen-bond donors (Lipinski definition) is 0. The number of nitrogens with zero attached hydrogens (tertiary/aromatic N) is 2. The first-order chi connectivity index (χ1) is 31.8. The highest BCUT2D eigenvalue weighted by atomic mass is 15.1. The van der Waals surface area contributed by atoms with Gasteiger partial charge in [0.1, 0.15) is 0 Å². The van der Waals surface area contributed by atoms with Crippen LogP contribution < -0.4 is 4.90 Å². The van der Waals surface area contributed by atoms with E-state index in [1.165, 1.54) is 87.9 Å². The van der Waals surface area contributed by atoms with Gasteiger partial charge in [-0.25, -0.2) is 0 Å². The van der Waals surface area contributed by atoms with Crippen LogP contribution in [0.2, 0.25) is 0 Å². The summed E-state index contributed by atoms with van der Waals surface area (Å²) in [5.74, 6) is 0. The minimum absolute atomic E-state index is 1.12. The molecule has 0 radical (unpaired) electrons. The van der Waals surface area contributed by atoms with Gasteiger partial charge in [0.15, 0.2) is 0 Å². The van der Waals surface area contributed by atoms with Gasteiger partial charge in [-0.2, -0.15) is 0 Å². The largest absolute Gasteiger partial charge is 0.311 e. The van der Waals surface area contributed by atoms with Gasteiger partial charge in [0.25, 0.3) is 0 Å². The van der Waals surface area contributed by atoms with Crippen LogP contribution in [0.1, 0.15) is 0 Å². The second-order valence-corrected chi connectivity index (χ2v) is 16.5. The number of benzene rings is 11. The SMILES string of the molecule is c1ccc(-c2c3ccccc3c(-c3ccc(-c4ccc(-n5c6ccccc6c6cc(-c7ccc(N(c8ccccc8)c8ccccc8)cc7)ccc65)cc4)cc3)c3ccccc23)cc1. The van der Waals surface area contributed by atoms with Gasteiger partial charge in [-0.3, -0.25) is 0 Å². The third kappa shape index (κ3) is 6.44. The molecule has 0 saturated carbocycles. The number of hydrogen-bond acceptors (Lipinski definition) is 1. The molecule has 0 aliphatic heterocycles. The van der Waals surface area contributed by atoms with Crippen molar-refractivity contribution >= 4 is 60.4 Å². The van der Waals surface area contributed by atoms with Crippen molar-refractivity contribution in [1.29, 1.82) is 0 Å². The monoisotopic (exact) mass is 814 g/mol. The Morgan fingerprint density at radius 3 is 1.14 bits per heavy atom. The molecular formula is C62H42N2. The average Bonchev–Trinajstić information content (AvgIpc) is 3.70. The molecule has 1 heterocycles. The molecule has 11 aromatic carbocycles. The fourth-order valence-corrected chi connectivity index (χ4v) is 9.82. The Bertz CT molecular complexity index is 3510. The summed E-state index contributed by atoms with van der Waals surface area (Å²) in [6, 6.07) is 92.4. The predicted molar refractivity (Wildman–Crippen MR) is 272 cm³/mol. The van der Waals surface area contributed by atoms with E-state index in [4.69, 9.17) is 0 Å². The summed E-state index contributed by atoms with van der Waals surface area (Å²) in [5.41, 5.74) is 16.7. The molecule has 0 bridgehead atoms. The van der Waals surface area contributed by atoms with Crippen LogP contribution in [0.4, 0.5) is 17.1 Å². The van der Waals surface area contributed by atoms with Gasteiger partial charge in [0, 0.05) is 33.5 Å². The molecule has 12 rings (SSSR count). The summed E-state index contributed by atoms with van der Waals surface area (Å²) in [5, 5.41) is 7.56. The first-order valence-electron chi connectivity index (χ1n) is 22.0. The molecule has 0 amide bonds. The Morgan fingerprint density at radius 2 is 0.594 bits per heavy atom. The zero-order valence-electron chi connectivity index (χ0n) is 35.1. The van der Waals surface area contributed by atoms with E-state index in [1.54, 1.807) is 0 Å². The topological polar surface area (TPSA) is 8.17 Å². The summed E-state index contributed by atoms with van der Waals surface area (Å²) < 4.78 is 2.40. The lowest BCUT2D eigenvalue weighted by Gasteiger charge is -2.25. The van der Waals surface area contributed by atoms with Gasteiger partial charge in [-0.15, -0.1) is 0 Å². The van der Waals surface area contributed by atoms with Gasteiger partial charge in [0.05, 0.1) is 11.0 Å². The van der Waals surface area contributed by atoms with Crippen LogP contribution in [0.5, 0.6) is 0 Å². The van der Waals surface area contributed by atoms with Crippen molar-refractivity contribution < 1.29 is 0 Å². The Kier molecular flexibility index (Phi) is 9.20. The molecule has 0 aliphatic carbocycles. The van der Waals surface area contributed by atoms with Crippen LogP contribution in [0, 0.1) is 0 Å². The van der Waals surface area contributed by atoms with Crippen molar-refractivity contribution in [3.05, 3.63) is 255 Å². The molecule has 300 valence electrons. The van der Waals surface area contributed by atoms with E-state index in [0.29, 0.717) is 0 Å². The third-order valence-electron chi connectivity index (χ3n) is 12.8. The highest BCUT2D eigenvalue weighted by Crippen LogP contribution is 2.44. The lowest BCUT2D eigenvalue weighted by Crippen LogP contribution is -2.09. The number of aromatic nitrogens is 1. The van der Waals surface area contributed by atoms with E-state index < -0.39 is 0 Å². The zero-order chi connectivity index (χ0) is 42.4. The highest BCUT2D eigenvalue weighted by molar-refractivity contribution is 6.21. The average molecular weight is 815 g/mol. The molecule has 1 aromatic heterocycles. The molecule has 0 fully saturated rings. The summed E-state index contributed by atoms with van der Waals surface area (Å²) >= 11 is 0. The maximum absolute atomic E-state index is 2.40. The van der Waals surface area contributed by atoms with E-state index in [2.05, 4.69) is 264 Å². The quantitative estimate of drug-likeness (QED) is 0.139. The lowest BCUT2D eigenvalue weighted by molar-refractivity contribution is 1.18. The van der Waals surface area contributed by atoms with Gasteiger partial charge < -0.3 is 9.47 Å². The van der Waals surface area contributed by atoms with Gasteiger partial charge in [-0.1, -0.05) is 188 Å². The Labute approximate surface area is 373 Å². The summed E-state index contributed by atoms with van der Waals surface area (Å²) in [6.07, 6.45) is 0. The van der Waals surface area contributed by atoms with Crippen LogP contribution in [0.25, 0.3) is 93.5 Å². The number of anilines is 3. The number of fused-ring (bicyclic) bond motifs is 5. The van der Waals surface area contributed by atoms with Crippen LogP contribution in [0.15, 0.2) is 255 Å². The molecule has 0 atom stereocenters. The third-order valence-corrected chi connectivity index (χ3v) is 12.8. The molecule has 2 nitrogen and oxygen atoms in total. The molecule has 64 heavy (non-hydrogen) atoms. The second kappa shape index (κ2) is 15.8. The van der Waals surface area contributed by atoms with Crippen molar-refractivity contribution in [2.45, 2.75) is 0 Å². The molecule has 0 spiro atoms. The Morgan fingerprint density at radius 1 is 0.234 bits per heavy atom. The van der Waals surface area contributed by atoms with Crippen molar-refractivity contribution in [2.75, 3.05) is 4.90 Å². The fraction of sp³-hybridized carbons (Fsp3) is 0. The first kappa shape index (κ1) is 37.3. The van der Waals surface area contributed by atoms with E-state index in [0.717, 1.165) is 22.7 Å². The van der Waals surface area contributed by atoms with Crippen LogP contribution in [-0.2, 0) is 0 Å². The first-order valence-corrected chi connectivity index (χ1v) is 22.0. The minimum atomic E-state index is 1.12. The number of rotatable bonds is 8. The maximum Gasteiger partial charge on any atom is 0.0541 e. The van der Waals surface area contributed by atoms with E-state index in [9.17, 15) is 0 Å². The smallest absolute Gasteiger partial charge is 0.0541 e. The molecular weight excluding hydrogens is 773 g/mol. The van der Waals surface area contributed by atoms with Crippen molar-refractivity contribution in [3.63, 3.8) is 0 Å². The van der Waals surface area contributed by atoms with Gasteiger partial charge >= 0.3 is 0 Å². The second-order valence-electron chi connectivity index (χ2n) is 16.5. The van der Waals surface area contributed by atoms with E-state index >= 15 is 0 Å². The Hall–Kier alpha value is -8.46. The van der Waals surface area contributed by atoms with Crippen LogP contribution in [-0.4, -0.2) is 4.57 Å². The Balaban J connectivity index is 0.871. The predicted octanol–water partition coefficient (Wildman–Crippen LogP) is 17.2. The molecule has 0 aliphatic rings. The van der Waals surface area contributed by atoms with Gasteiger partial charge in [0.2, 0.25) is 0 Å². The summed E-state index contributed by atoms with van der Waals surface area (Å²) in [6.45, 7) is 0. The van der Waals surface area contributed by atoms with Gasteiger partial charge in [-0.05, 0) is 133 Å². The maximum atomic E-state index is 2.40. The van der Waals surface area contributed by atoms with Crippen molar-refractivity contribution in [2.24, 2.45) is 0 Å². The standard InChI is InChI=1S/C62H42N2/c1-4-16-46(17-5-1)61-54-23-10-12-25-56(54)62(57-26-13-11-24-55(57)61)47-30-28-43(29-31-47)44-32-39-52(40-33-44)64-59-27-15-14-22-53(59)58-42-48(36-41-60(58)64)45-34-37-51(38-35-45)63(49-18-6-2-7-19-49)50-20-8-3-9-21-50/h1-42H. The highest BCUT2D eigenvalue weighted by Gasteiger charge is 2.18. The fourth-order valence-electron chi connectivity index (χ4n) is 9.82. The lowest BCUT2D eigenvalue weighted by atomic mass is 9.86. The molecule has 12 aromatic rings. The summed E-state index contributed by atoms with van der Waals surface area (Å²) in [4.78, 5) is 2.30. The van der Waals surface area contributed by atoms with E-state index in [1.807, 2.05) is 0 Å². The van der Waals surface area contributed by atoms with E-state index in [-0.39, 0.29) is 0 Å². The van der Waals surface area contributed by atoms with Crippen LogP contribution >= 0.6 is 0 Å². The van der Waals surface area contributed by atoms with Crippen LogP contribution in [0.3, 0.4) is 0 Å². The summed E-state index contributed by atoms with van der Waals surface area (Å²) in [7, 11) is 0. The zero-order valence-corrected chi connectivity index (χ0v) is 35.1. The number of para-hydroxylation sites is 3. The van der Waals surface area contributed by atoms with Crippen molar-refractivity contribution in [3.8, 4) is 50.2 Å². The molecule has 0 unspecified atom stereocenters. The molecule has 0 N–H and O–H groups in total. The van der Waals surface area contributed by atoms with Crippen molar-refractivity contribution in [1.82, 2.24) is 4.57 Å². The molecule has 2 heteroatoms. The molecule has 0 saturated heterocycles. The minimum Gasteiger partial charge on any atom is -0.311 e.